The second kappa shape index (κ2) is 9.21. The quantitative estimate of drug-likeness (QED) is 0.699. The highest BCUT2D eigenvalue weighted by Gasteiger charge is 2.50. The molecule has 0 aliphatic carbocycles. The van der Waals surface area contributed by atoms with Crippen LogP contribution in [-0.2, 0) is 16.1 Å². The summed E-state index contributed by atoms with van der Waals surface area (Å²) in [7, 11) is 0. The molecule has 4 heterocycles. The number of ether oxygens (including phenoxy) is 1. The van der Waals surface area contributed by atoms with Crippen molar-refractivity contribution in [3.63, 3.8) is 0 Å². The summed E-state index contributed by atoms with van der Waals surface area (Å²) < 4.78 is 5.92. The van der Waals surface area contributed by atoms with E-state index in [-0.39, 0.29) is 17.5 Å². The molecule has 0 saturated carbocycles. The van der Waals surface area contributed by atoms with Crippen molar-refractivity contribution in [2.24, 2.45) is 5.41 Å². The molecule has 5 rings (SSSR count). The number of piperidine rings is 1. The predicted octanol–water partition coefficient (Wildman–Crippen LogP) is 3.79. The van der Waals surface area contributed by atoms with Crippen LogP contribution >= 0.6 is 0 Å². The van der Waals surface area contributed by atoms with Crippen LogP contribution in [0.25, 0.3) is 11.0 Å². The lowest BCUT2D eigenvalue weighted by Crippen LogP contribution is -2.42. The minimum Gasteiger partial charge on any atom is -0.461 e. The van der Waals surface area contributed by atoms with Crippen LogP contribution in [0.5, 0.6) is 0 Å². The van der Waals surface area contributed by atoms with Gasteiger partial charge in [0.2, 0.25) is 0 Å². The first kappa shape index (κ1) is 20.8. The number of carbonyl (C=O) groups is 1. The van der Waals surface area contributed by atoms with Crippen LogP contribution in [0.15, 0.2) is 30.6 Å². The van der Waals surface area contributed by atoms with Gasteiger partial charge in [0, 0.05) is 31.9 Å². The van der Waals surface area contributed by atoms with Crippen LogP contribution in [0.3, 0.4) is 0 Å². The molecule has 1 atom stereocenters. The van der Waals surface area contributed by atoms with Crippen molar-refractivity contribution in [3.8, 4) is 0 Å². The summed E-state index contributed by atoms with van der Waals surface area (Å²) >= 11 is 0. The summed E-state index contributed by atoms with van der Waals surface area (Å²) in [6, 6.07) is 6.33. The maximum absolute atomic E-state index is 12.9. The van der Waals surface area contributed by atoms with E-state index in [1.165, 1.54) is 37.7 Å². The summed E-state index contributed by atoms with van der Waals surface area (Å²) in [4.78, 5) is 26.6. The summed E-state index contributed by atoms with van der Waals surface area (Å²) in [5.74, 6) is 0.0603. The van der Waals surface area contributed by atoms with Crippen LogP contribution in [0.1, 0.15) is 56.9 Å². The number of hydrogen-bond acceptors (Lipinski definition) is 6. The lowest BCUT2D eigenvalue weighted by atomic mass is 9.76. The molecular weight excluding hydrogens is 388 g/mol. The average Bonchev–Trinajstić information content (AvgIpc) is 3.06. The monoisotopic (exact) mass is 422 g/mol. The van der Waals surface area contributed by atoms with Crippen molar-refractivity contribution < 1.29 is 9.53 Å². The Morgan fingerprint density at radius 3 is 2.39 bits per heavy atom. The lowest BCUT2D eigenvalue weighted by molar-refractivity contribution is -0.151. The van der Waals surface area contributed by atoms with E-state index in [1.807, 2.05) is 6.07 Å². The van der Waals surface area contributed by atoms with Gasteiger partial charge in [-0.15, -0.1) is 0 Å². The van der Waals surface area contributed by atoms with Gasteiger partial charge in [-0.1, -0.05) is 25.3 Å². The molecule has 6 nitrogen and oxygen atoms in total. The SMILES string of the molecule is O=C1OC(CN2CCCCCCC2)CC12CCN(Cc1ccc3nccnc3c1)CC2. The number of fused-ring (bicyclic) bond motifs is 1. The van der Waals surface area contributed by atoms with E-state index >= 15 is 0 Å². The van der Waals surface area contributed by atoms with Crippen LogP contribution in [0, 0.1) is 5.41 Å². The molecule has 2 aromatic rings. The van der Waals surface area contributed by atoms with E-state index in [9.17, 15) is 4.79 Å². The molecule has 3 fully saturated rings. The molecule has 3 aliphatic heterocycles. The van der Waals surface area contributed by atoms with Crippen LogP contribution in [0.2, 0.25) is 0 Å². The Balaban J connectivity index is 1.15. The highest BCUT2D eigenvalue weighted by atomic mass is 16.6. The Kier molecular flexibility index (Phi) is 6.19. The summed E-state index contributed by atoms with van der Waals surface area (Å²) in [5, 5.41) is 0. The average molecular weight is 423 g/mol. The normalized spacial score (nSPS) is 25.4. The molecule has 0 N–H and O–H groups in total. The van der Waals surface area contributed by atoms with E-state index < -0.39 is 0 Å². The van der Waals surface area contributed by atoms with Crippen molar-refractivity contribution in [1.29, 1.82) is 0 Å². The Bertz CT molecular complexity index is 901. The highest BCUT2D eigenvalue weighted by molar-refractivity contribution is 5.79. The van der Waals surface area contributed by atoms with Gasteiger partial charge in [-0.25, -0.2) is 0 Å². The Morgan fingerprint density at radius 1 is 0.903 bits per heavy atom. The largest absolute Gasteiger partial charge is 0.461 e. The molecule has 1 aromatic carbocycles. The van der Waals surface area contributed by atoms with Crippen molar-refractivity contribution in [1.82, 2.24) is 19.8 Å². The summed E-state index contributed by atoms with van der Waals surface area (Å²) in [6.45, 7) is 6.04. The smallest absolute Gasteiger partial charge is 0.312 e. The lowest BCUT2D eigenvalue weighted by Gasteiger charge is -2.36. The first-order chi connectivity index (χ1) is 15.2. The molecule has 1 spiro atoms. The van der Waals surface area contributed by atoms with Crippen molar-refractivity contribution in [2.75, 3.05) is 32.7 Å². The predicted molar refractivity (Wildman–Crippen MR) is 121 cm³/mol. The minimum atomic E-state index is -0.251. The molecule has 166 valence electrons. The molecule has 31 heavy (non-hydrogen) atoms. The molecule has 1 unspecified atom stereocenters. The number of esters is 1. The standard InChI is InChI=1S/C25H34N4O2/c30-24-25(17-21(31-24)19-28-12-4-2-1-3-5-13-28)8-14-29(15-9-25)18-20-6-7-22-23(16-20)27-11-10-26-22/h6-7,10-11,16,21H,1-5,8-9,12-15,17-19H2. The zero-order chi connectivity index (χ0) is 21.1. The van der Waals surface area contributed by atoms with E-state index in [4.69, 9.17) is 4.74 Å². The Hall–Kier alpha value is -2.05. The Labute approximate surface area is 185 Å². The topological polar surface area (TPSA) is 58.6 Å². The van der Waals surface area contributed by atoms with Crippen LogP contribution < -0.4 is 0 Å². The zero-order valence-corrected chi connectivity index (χ0v) is 18.5. The maximum atomic E-state index is 12.9. The number of hydrogen-bond donors (Lipinski definition) is 0. The van der Waals surface area contributed by atoms with E-state index in [0.717, 1.165) is 69.6 Å². The first-order valence-electron chi connectivity index (χ1n) is 12.1. The number of nitrogens with zero attached hydrogens (tertiary/aromatic N) is 4. The second-order valence-corrected chi connectivity index (χ2v) is 9.74. The fourth-order valence-corrected chi connectivity index (χ4v) is 5.64. The molecule has 3 aliphatic rings. The molecule has 3 saturated heterocycles. The number of likely N-dealkylation sites (tertiary alicyclic amines) is 2. The van der Waals surface area contributed by atoms with Gasteiger partial charge in [0.25, 0.3) is 0 Å². The van der Waals surface area contributed by atoms with Crippen molar-refractivity contribution in [2.45, 2.75) is 64.0 Å². The molecule has 0 amide bonds. The number of carbonyl (C=O) groups excluding carboxylic acids is 1. The fraction of sp³-hybridized carbons (Fsp3) is 0.640. The van der Waals surface area contributed by atoms with Crippen molar-refractivity contribution in [3.05, 3.63) is 36.2 Å². The molecule has 0 radical (unpaired) electrons. The molecule has 1 aromatic heterocycles. The third-order valence-corrected chi connectivity index (χ3v) is 7.49. The first-order valence-corrected chi connectivity index (χ1v) is 12.1. The van der Waals surface area contributed by atoms with Gasteiger partial charge < -0.3 is 4.74 Å². The molecule has 0 bridgehead atoms. The van der Waals surface area contributed by atoms with Crippen LogP contribution in [-0.4, -0.2) is 64.6 Å². The number of benzene rings is 1. The maximum Gasteiger partial charge on any atom is 0.312 e. The number of rotatable bonds is 4. The fourth-order valence-electron chi connectivity index (χ4n) is 5.64. The highest BCUT2D eigenvalue weighted by Crippen LogP contribution is 2.43. The van der Waals surface area contributed by atoms with Gasteiger partial charge in [0.05, 0.1) is 16.4 Å². The second-order valence-electron chi connectivity index (χ2n) is 9.74. The summed E-state index contributed by atoms with van der Waals surface area (Å²) in [5.41, 5.74) is 2.88. The molecule has 6 heteroatoms. The van der Waals surface area contributed by atoms with Gasteiger partial charge in [-0.2, -0.15) is 0 Å². The third-order valence-electron chi connectivity index (χ3n) is 7.49. The number of aromatic nitrogens is 2. The molecular formula is C25H34N4O2. The van der Waals surface area contributed by atoms with E-state index in [0.29, 0.717) is 0 Å². The minimum absolute atomic E-state index is 0.0603. The number of cyclic esters (lactones) is 1. The van der Waals surface area contributed by atoms with Gasteiger partial charge in [0.15, 0.2) is 0 Å². The Morgan fingerprint density at radius 2 is 1.61 bits per heavy atom. The zero-order valence-electron chi connectivity index (χ0n) is 18.5. The van der Waals surface area contributed by atoms with Gasteiger partial charge in [-0.05, 0) is 69.6 Å². The van der Waals surface area contributed by atoms with Crippen molar-refractivity contribution >= 4 is 17.0 Å². The van der Waals surface area contributed by atoms with Crippen LogP contribution in [0.4, 0.5) is 0 Å². The van der Waals surface area contributed by atoms with Gasteiger partial charge >= 0.3 is 5.97 Å². The van der Waals surface area contributed by atoms with Gasteiger partial charge in [-0.3, -0.25) is 24.6 Å². The summed E-state index contributed by atoms with van der Waals surface area (Å²) in [6.07, 6.45) is 12.9. The van der Waals surface area contributed by atoms with Gasteiger partial charge in [0.1, 0.15) is 6.10 Å². The van der Waals surface area contributed by atoms with E-state index in [1.54, 1.807) is 12.4 Å². The van der Waals surface area contributed by atoms with E-state index in [2.05, 4.69) is 31.9 Å². The third kappa shape index (κ3) is 4.75.